The minimum atomic E-state index is -1.00. The highest BCUT2D eigenvalue weighted by Crippen LogP contribution is 2.21. The second-order valence-electron chi connectivity index (χ2n) is 4.31. The van der Waals surface area contributed by atoms with Gasteiger partial charge >= 0.3 is 11.9 Å². The molecule has 1 saturated heterocycles. The predicted octanol–water partition coefficient (Wildman–Crippen LogP) is 1.08. The normalized spacial score (nSPS) is 16.6. The molecule has 0 bridgehead atoms. The van der Waals surface area contributed by atoms with Gasteiger partial charge in [-0.1, -0.05) is 0 Å². The summed E-state index contributed by atoms with van der Waals surface area (Å²) in [4.78, 5) is 27.6. The van der Waals surface area contributed by atoms with Crippen LogP contribution in [0, 0.1) is 5.92 Å². The number of pyridine rings is 1. The first kappa shape index (κ1) is 12.3. The van der Waals surface area contributed by atoms with E-state index in [0.29, 0.717) is 31.7 Å². The van der Waals surface area contributed by atoms with Gasteiger partial charge in [0.15, 0.2) is 0 Å². The molecular formula is C12H14N2O4. The number of hydrogen-bond acceptors (Lipinski definition) is 4. The van der Waals surface area contributed by atoms with E-state index in [2.05, 4.69) is 4.98 Å². The summed E-state index contributed by atoms with van der Waals surface area (Å²) in [6, 6.07) is 3.17. The van der Waals surface area contributed by atoms with Crippen LogP contribution in [0.25, 0.3) is 0 Å². The number of nitrogens with zero attached hydrogens (tertiary/aromatic N) is 2. The van der Waals surface area contributed by atoms with Gasteiger partial charge in [-0.3, -0.25) is 4.79 Å². The zero-order valence-corrected chi connectivity index (χ0v) is 9.74. The number of rotatable bonds is 3. The number of piperidine rings is 1. The van der Waals surface area contributed by atoms with Gasteiger partial charge in [0.25, 0.3) is 0 Å². The Balaban J connectivity index is 2.01. The molecule has 1 aliphatic heterocycles. The Morgan fingerprint density at radius 3 is 2.33 bits per heavy atom. The Labute approximate surface area is 104 Å². The van der Waals surface area contributed by atoms with Crippen LogP contribution in [0.15, 0.2) is 18.3 Å². The molecule has 2 N–H and O–H groups in total. The average molecular weight is 250 g/mol. The fraction of sp³-hybridized carbons (Fsp3) is 0.417. The molecule has 1 aromatic rings. The quantitative estimate of drug-likeness (QED) is 0.834. The summed E-state index contributed by atoms with van der Waals surface area (Å²) in [7, 11) is 0. The van der Waals surface area contributed by atoms with Gasteiger partial charge in [0, 0.05) is 19.3 Å². The largest absolute Gasteiger partial charge is 0.481 e. The molecule has 0 unspecified atom stereocenters. The van der Waals surface area contributed by atoms with E-state index in [0.717, 1.165) is 0 Å². The first-order chi connectivity index (χ1) is 8.58. The number of hydrogen-bond donors (Lipinski definition) is 2. The van der Waals surface area contributed by atoms with Crippen LogP contribution in [-0.2, 0) is 4.79 Å². The summed E-state index contributed by atoms with van der Waals surface area (Å²) in [5.74, 6) is -1.33. The number of carbonyl (C=O) groups is 2. The van der Waals surface area contributed by atoms with Crippen molar-refractivity contribution in [1.29, 1.82) is 0 Å². The molecule has 6 nitrogen and oxygen atoms in total. The monoisotopic (exact) mass is 250 g/mol. The van der Waals surface area contributed by atoms with Crippen LogP contribution in [0.1, 0.15) is 23.2 Å². The highest BCUT2D eigenvalue weighted by Gasteiger charge is 2.25. The Kier molecular flexibility index (Phi) is 3.45. The fourth-order valence-corrected chi connectivity index (χ4v) is 2.06. The molecule has 0 atom stereocenters. The van der Waals surface area contributed by atoms with Crippen molar-refractivity contribution in [2.75, 3.05) is 18.0 Å². The van der Waals surface area contributed by atoms with Crippen LogP contribution in [-0.4, -0.2) is 40.2 Å². The average Bonchev–Trinajstić information content (AvgIpc) is 2.39. The second kappa shape index (κ2) is 5.03. The van der Waals surface area contributed by atoms with Gasteiger partial charge in [-0.25, -0.2) is 9.78 Å². The van der Waals surface area contributed by atoms with Crippen molar-refractivity contribution in [3.63, 3.8) is 0 Å². The summed E-state index contributed by atoms with van der Waals surface area (Å²) >= 11 is 0. The number of carboxylic acid groups (broad SMARTS) is 2. The number of aromatic nitrogens is 1. The van der Waals surface area contributed by atoms with E-state index in [1.807, 2.05) is 4.90 Å². The van der Waals surface area contributed by atoms with Gasteiger partial charge in [0.05, 0.1) is 11.5 Å². The minimum Gasteiger partial charge on any atom is -0.481 e. The molecule has 2 rings (SSSR count). The van der Waals surface area contributed by atoms with E-state index in [1.54, 1.807) is 6.07 Å². The Morgan fingerprint density at radius 2 is 1.89 bits per heavy atom. The summed E-state index contributed by atoms with van der Waals surface area (Å²) in [6.07, 6.45) is 2.51. The van der Waals surface area contributed by atoms with Crippen molar-refractivity contribution in [2.45, 2.75) is 12.8 Å². The molecule has 2 heterocycles. The second-order valence-corrected chi connectivity index (χ2v) is 4.31. The molecule has 18 heavy (non-hydrogen) atoms. The van der Waals surface area contributed by atoms with E-state index in [-0.39, 0.29) is 11.5 Å². The lowest BCUT2D eigenvalue weighted by atomic mass is 9.97. The maximum atomic E-state index is 10.8. The van der Waals surface area contributed by atoms with Gasteiger partial charge in [0.1, 0.15) is 5.82 Å². The number of aromatic carboxylic acids is 1. The summed E-state index contributed by atoms with van der Waals surface area (Å²) in [5.41, 5.74) is 0.152. The van der Waals surface area contributed by atoms with Crippen molar-refractivity contribution in [3.05, 3.63) is 23.9 Å². The van der Waals surface area contributed by atoms with E-state index < -0.39 is 11.9 Å². The molecule has 6 heteroatoms. The van der Waals surface area contributed by atoms with E-state index >= 15 is 0 Å². The van der Waals surface area contributed by atoms with E-state index in [1.165, 1.54) is 12.3 Å². The molecular weight excluding hydrogens is 236 g/mol. The van der Waals surface area contributed by atoms with Gasteiger partial charge in [-0.2, -0.15) is 0 Å². The first-order valence-corrected chi connectivity index (χ1v) is 5.75. The van der Waals surface area contributed by atoms with Gasteiger partial charge in [-0.05, 0) is 25.0 Å². The molecule has 0 aromatic carbocycles. The molecule has 0 spiro atoms. The van der Waals surface area contributed by atoms with Crippen molar-refractivity contribution in [1.82, 2.24) is 4.98 Å². The van der Waals surface area contributed by atoms with Gasteiger partial charge in [-0.15, -0.1) is 0 Å². The van der Waals surface area contributed by atoms with Crippen LogP contribution < -0.4 is 4.90 Å². The van der Waals surface area contributed by atoms with Crippen molar-refractivity contribution >= 4 is 17.8 Å². The summed E-state index contributed by atoms with van der Waals surface area (Å²) in [6.45, 7) is 1.27. The highest BCUT2D eigenvalue weighted by molar-refractivity contribution is 5.87. The Hall–Kier alpha value is -2.11. The topological polar surface area (TPSA) is 90.7 Å². The molecule has 0 radical (unpaired) electrons. The third-order valence-corrected chi connectivity index (χ3v) is 3.16. The Morgan fingerprint density at radius 1 is 1.22 bits per heavy atom. The smallest absolute Gasteiger partial charge is 0.337 e. The molecule has 1 aromatic heterocycles. The molecule has 96 valence electrons. The van der Waals surface area contributed by atoms with Crippen molar-refractivity contribution in [3.8, 4) is 0 Å². The number of anilines is 1. The lowest BCUT2D eigenvalue weighted by Gasteiger charge is -2.30. The zero-order valence-electron chi connectivity index (χ0n) is 9.74. The lowest BCUT2D eigenvalue weighted by Crippen LogP contribution is -2.36. The summed E-state index contributed by atoms with van der Waals surface area (Å²) < 4.78 is 0. The fourth-order valence-electron chi connectivity index (χ4n) is 2.06. The van der Waals surface area contributed by atoms with Crippen molar-refractivity contribution in [2.24, 2.45) is 5.92 Å². The molecule has 1 fully saturated rings. The number of carboxylic acids is 2. The SMILES string of the molecule is O=C(O)c1ccc(N2CCC(C(=O)O)CC2)nc1. The van der Waals surface area contributed by atoms with Crippen LogP contribution in [0.4, 0.5) is 5.82 Å². The third kappa shape index (κ3) is 2.58. The van der Waals surface area contributed by atoms with E-state index in [9.17, 15) is 9.59 Å². The molecule has 0 aliphatic carbocycles. The Bertz CT molecular complexity index is 450. The standard InChI is InChI=1S/C12H14N2O4/c15-11(16)8-3-5-14(6-4-8)10-2-1-9(7-13-10)12(17)18/h1-2,7-8H,3-6H2,(H,15,16)(H,17,18). The van der Waals surface area contributed by atoms with Crippen molar-refractivity contribution < 1.29 is 19.8 Å². The predicted molar refractivity (Wildman–Crippen MR) is 63.8 cm³/mol. The minimum absolute atomic E-state index is 0.152. The van der Waals surface area contributed by atoms with Crippen LogP contribution in [0.3, 0.4) is 0 Å². The molecule has 1 aliphatic rings. The zero-order chi connectivity index (χ0) is 13.1. The van der Waals surface area contributed by atoms with Gasteiger partial charge < -0.3 is 15.1 Å². The van der Waals surface area contributed by atoms with Crippen LogP contribution in [0.5, 0.6) is 0 Å². The van der Waals surface area contributed by atoms with Crippen LogP contribution >= 0.6 is 0 Å². The molecule has 0 amide bonds. The molecule has 0 saturated carbocycles. The summed E-state index contributed by atoms with van der Waals surface area (Å²) in [5, 5.41) is 17.7. The third-order valence-electron chi connectivity index (χ3n) is 3.16. The van der Waals surface area contributed by atoms with Crippen LogP contribution in [0.2, 0.25) is 0 Å². The maximum absolute atomic E-state index is 10.8. The first-order valence-electron chi connectivity index (χ1n) is 5.75. The maximum Gasteiger partial charge on any atom is 0.337 e. The number of aliphatic carboxylic acids is 1. The highest BCUT2D eigenvalue weighted by atomic mass is 16.4. The lowest BCUT2D eigenvalue weighted by molar-refractivity contribution is -0.142. The van der Waals surface area contributed by atoms with E-state index in [4.69, 9.17) is 10.2 Å². The van der Waals surface area contributed by atoms with Gasteiger partial charge in [0.2, 0.25) is 0 Å².